The Bertz CT molecular complexity index is 486. The van der Waals surface area contributed by atoms with Crippen molar-refractivity contribution in [1.82, 2.24) is 25.0 Å². The first-order valence-electron chi connectivity index (χ1n) is 6.15. The molecule has 0 atom stereocenters. The van der Waals surface area contributed by atoms with Gasteiger partial charge in [-0.1, -0.05) is 11.3 Å². The number of fused-ring (bicyclic) bond motifs is 1. The number of hydrogen-bond donors (Lipinski definition) is 1. The van der Waals surface area contributed by atoms with E-state index in [1.165, 1.54) is 0 Å². The van der Waals surface area contributed by atoms with Gasteiger partial charge in [0.25, 0.3) is 0 Å². The maximum Gasteiger partial charge on any atom is 0.0918 e. The highest BCUT2D eigenvalue weighted by Gasteiger charge is 2.11. The fourth-order valence-corrected chi connectivity index (χ4v) is 2.27. The lowest BCUT2D eigenvalue weighted by atomic mass is 10.2. The Labute approximate surface area is 100 Å². The van der Waals surface area contributed by atoms with Gasteiger partial charge in [-0.3, -0.25) is 0 Å². The maximum absolute atomic E-state index is 4.25. The molecular formula is C12H17N5. The summed E-state index contributed by atoms with van der Waals surface area (Å²) in [7, 11) is 0. The molecule has 1 aliphatic heterocycles. The van der Waals surface area contributed by atoms with Crippen LogP contribution in [-0.2, 0) is 6.42 Å². The monoisotopic (exact) mass is 231 g/mol. The van der Waals surface area contributed by atoms with Gasteiger partial charge in [-0.05, 0) is 12.1 Å². The number of rotatable bonds is 3. The summed E-state index contributed by atoms with van der Waals surface area (Å²) in [5.41, 5.74) is 2.23. The second-order valence-electron chi connectivity index (χ2n) is 4.41. The molecule has 5 heteroatoms. The van der Waals surface area contributed by atoms with E-state index >= 15 is 0 Å². The number of nitrogens with one attached hydrogen (secondary N) is 1. The molecule has 1 aliphatic rings. The number of nitrogens with zero attached hydrogens (tertiary/aromatic N) is 4. The minimum Gasteiger partial charge on any atom is -0.314 e. The van der Waals surface area contributed by atoms with Crippen molar-refractivity contribution in [3.05, 3.63) is 30.1 Å². The van der Waals surface area contributed by atoms with E-state index in [1.54, 1.807) is 0 Å². The van der Waals surface area contributed by atoms with Gasteiger partial charge in [0, 0.05) is 45.3 Å². The highest BCUT2D eigenvalue weighted by molar-refractivity contribution is 5.50. The summed E-state index contributed by atoms with van der Waals surface area (Å²) in [6.45, 7) is 5.55. The molecule has 2 aromatic heterocycles. The number of aromatic nitrogens is 3. The fraction of sp³-hybridized carbons (Fsp3) is 0.500. The van der Waals surface area contributed by atoms with Crippen LogP contribution in [0, 0.1) is 0 Å². The second kappa shape index (κ2) is 4.81. The molecule has 0 aliphatic carbocycles. The topological polar surface area (TPSA) is 45.5 Å². The summed E-state index contributed by atoms with van der Waals surface area (Å²) in [5.74, 6) is 0. The Hall–Kier alpha value is -1.46. The van der Waals surface area contributed by atoms with Crippen LogP contribution in [0.5, 0.6) is 0 Å². The van der Waals surface area contributed by atoms with E-state index in [1.807, 2.05) is 22.8 Å². The second-order valence-corrected chi connectivity index (χ2v) is 4.41. The van der Waals surface area contributed by atoms with Crippen LogP contribution in [0.3, 0.4) is 0 Å². The molecule has 3 heterocycles. The van der Waals surface area contributed by atoms with Crippen LogP contribution in [0.25, 0.3) is 5.52 Å². The third-order valence-electron chi connectivity index (χ3n) is 3.27. The summed E-state index contributed by atoms with van der Waals surface area (Å²) in [6, 6.07) is 6.09. The van der Waals surface area contributed by atoms with Crippen LogP contribution in [-0.4, -0.2) is 52.5 Å². The Morgan fingerprint density at radius 1 is 1.24 bits per heavy atom. The smallest absolute Gasteiger partial charge is 0.0918 e. The molecule has 0 radical (unpaired) electrons. The molecule has 1 N–H and O–H groups in total. The minimum absolute atomic E-state index is 0.980. The summed E-state index contributed by atoms with van der Waals surface area (Å²) in [6.07, 6.45) is 2.92. The van der Waals surface area contributed by atoms with E-state index in [-0.39, 0.29) is 0 Å². The average Bonchev–Trinajstić information content (AvgIpc) is 2.81. The summed E-state index contributed by atoms with van der Waals surface area (Å²) in [5, 5.41) is 11.7. The molecule has 1 fully saturated rings. The lowest BCUT2D eigenvalue weighted by Gasteiger charge is -2.26. The van der Waals surface area contributed by atoms with E-state index in [2.05, 4.69) is 26.6 Å². The largest absolute Gasteiger partial charge is 0.314 e. The van der Waals surface area contributed by atoms with E-state index in [4.69, 9.17) is 0 Å². The molecule has 0 saturated carbocycles. The van der Waals surface area contributed by atoms with Crippen molar-refractivity contribution >= 4 is 5.52 Å². The number of piperazine rings is 1. The van der Waals surface area contributed by atoms with Crippen molar-refractivity contribution in [3.8, 4) is 0 Å². The van der Waals surface area contributed by atoms with Gasteiger partial charge in [-0.2, -0.15) is 0 Å². The van der Waals surface area contributed by atoms with Crippen molar-refractivity contribution < 1.29 is 0 Å². The summed E-state index contributed by atoms with van der Waals surface area (Å²) < 4.78 is 1.84. The molecule has 90 valence electrons. The molecule has 3 rings (SSSR count). The van der Waals surface area contributed by atoms with Gasteiger partial charge in [0.1, 0.15) is 0 Å². The van der Waals surface area contributed by atoms with Gasteiger partial charge in [0.2, 0.25) is 0 Å². The molecule has 0 bridgehead atoms. The van der Waals surface area contributed by atoms with Gasteiger partial charge >= 0.3 is 0 Å². The zero-order chi connectivity index (χ0) is 11.5. The van der Waals surface area contributed by atoms with Crippen molar-refractivity contribution in [2.45, 2.75) is 6.42 Å². The van der Waals surface area contributed by atoms with E-state index in [0.717, 1.165) is 50.4 Å². The molecule has 0 aromatic carbocycles. The van der Waals surface area contributed by atoms with Crippen LogP contribution in [0.4, 0.5) is 0 Å². The van der Waals surface area contributed by atoms with Crippen LogP contribution >= 0.6 is 0 Å². The third kappa shape index (κ3) is 2.30. The van der Waals surface area contributed by atoms with Crippen LogP contribution in [0.2, 0.25) is 0 Å². The molecule has 0 amide bonds. The van der Waals surface area contributed by atoms with E-state index < -0.39 is 0 Å². The van der Waals surface area contributed by atoms with E-state index in [9.17, 15) is 0 Å². The first-order valence-corrected chi connectivity index (χ1v) is 6.15. The Kier molecular flexibility index (Phi) is 3.02. The van der Waals surface area contributed by atoms with Crippen LogP contribution in [0.1, 0.15) is 5.69 Å². The molecule has 0 unspecified atom stereocenters. The molecule has 0 spiro atoms. The van der Waals surface area contributed by atoms with Gasteiger partial charge in [0.15, 0.2) is 0 Å². The Morgan fingerprint density at radius 3 is 3.00 bits per heavy atom. The van der Waals surface area contributed by atoms with Crippen LogP contribution in [0.15, 0.2) is 24.4 Å². The zero-order valence-corrected chi connectivity index (χ0v) is 9.84. The maximum atomic E-state index is 4.25. The van der Waals surface area contributed by atoms with Gasteiger partial charge in [-0.15, -0.1) is 5.10 Å². The predicted octanol–water partition coefficient (Wildman–Crippen LogP) is 0.177. The quantitative estimate of drug-likeness (QED) is 0.818. The lowest BCUT2D eigenvalue weighted by Crippen LogP contribution is -2.44. The predicted molar refractivity (Wildman–Crippen MR) is 66.0 cm³/mol. The van der Waals surface area contributed by atoms with E-state index in [0.29, 0.717) is 0 Å². The third-order valence-corrected chi connectivity index (χ3v) is 3.27. The minimum atomic E-state index is 0.980. The standard InChI is InChI=1S/C12H17N5/c1-2-7-17-12(3-1)11(14-15-17)4-8-16-9-5-13-6-10-16/h1-3,7,13H,4-6,8-10H2. The van der Waals surface area contributed by atoms with Crippen molar-refractivity contribution in [2.24, 2.45) is 0 Å². The number of pyridine rings is 1. The average molecular weight is 231 g/mol. The lowest BCUT2D eigenvalue weighted by molar-refractivity contribution is 0.243. The number of hydrogen-bond acceptors (Lipinski definition) is 4. The molecular weight excluding hydrogens is 214 g/mol. The first-order chi connectivity index (χ1) is 8.43. The van der Waals surface area contributed by atoms with Gasteiger partial charge in [-0.25, -0.2) is 4.52 Å². The van der Waals surface area contributed by atoms with Crippen LogP contribution < -0.4 is 5.32 Å². The summed E-state index contributed by atoms with van der Waals surface area (Å²) in [4.78, 5) is 2.48. The molecule has 2 aromatic rings. The molecule has 1 saturated heterocycles. The summed E-state index contributed by atoms with van der Waals surface area (Å²) >= 11 is 0. The van der Waals surface area contributed by atoms with Crippen molar-refractivity contribution in [2.75, 3.05) is 32.7 Å². The van der Waals surface area contributed by atoms with Crippen molar-refractivity contribution in [3.63, 3.8) is 0 Å². The Balaban J connectivity index is 1.68. The SMILES string of the molecule is c1ccn2nnc(CCN3CCNCC3)c2c1. The van der Waals surface area contributed by atoms with Gasteiger partial charge < -0.3 is 10.2 Å². The normalized spacial score (nSPS) is 17.6. The van der Waals surface area contributed by atoms with Gasteiger partial charge in [0.05, 0.1) is 11.2 Å². The highest BCUT2D eigenvalue weighted by atomic mass is 15.4. The molecule has 5 nitrogen and oxygen atoms in total. The van der Waals surface area contributed by atoms with Crippen molar-refractivity contribution in [1.29, 1.82) is 0 Å². The first kappa shape index (κ1) is 10.7. The highest BCUT2D eigenvalue weighted by Crippen LogP contribution is 2.08. The fourth-order valence-electron chi connectivity index (χ4n) is 2.27. The molecule has 17 heavy (non-hydrogen) atoms. The Morgan fingerprint density at radius 2 is 2.12 bits per heavy atom. The zero-order valence-electron chi connectivity index (χ0n) is 9.84.